The van der Waals surface area contributed by atoms with Gasteiger partial charge in [0, 0.05) is 18.2 Å². The maximum Gasteiger partial charge on any atom is 0.569 e. The smallest absolute Gasteiger partial charge is 0.535 e. The second-order valence-corrected chi connectivity index (χ2v) is 4.73. The number of hydrogen-bond acceptors (Lipinski definition) is 4. The Hall–Kier alpha value is -1.70. The second kappa shape index (κ2) is 9.45. The van der Waals surface area contributed by atoms with E-state index >= 15 is 0 Å². The van der Waals surface area contributed by atoms with Gasteiger partial charge >= 0.3 is 7.69 Å². The Balaban J connectivity index is 0.000000238. The summed E-state index contributed by atoms with van der Waals surface area (Å²) in [5, 5.41) is 8.36. The molecule has 0 aliphatic rings. The molecule has 0 fully saturated rings. The Morgan fingerprint density at radius 2 is 1.57 bits per heavy atom. The third kappa shape index (κ3) is 5.78. The standard InChI is InChI=1S/C7H6BClFO3.C7H6ClFO/c1-12-6-2-4(9)5(10)3-7(6)13-8-11;1-10-5-2-3-7(9)6(8)4-5/h2-3,11H,1H3;2-4H,1H3. The first kappa shape index (κ1) is 19.4. The van der Waals surface area contributed by atoms with Crippen molar-refractivity contribution in [2.24, 2.45) is 0 Å². The Labute approximate surface area is 142 Å². The quantitative estimate of drug-likeness (QED) is 0.837. The summed E-state index contributed by atoms with van der Waals surface area (Å²) < 4.78 is 39.5. The highest BCUT2D eigenvalue weighted by atomic mass is 35.5. The van der Waals surface area contributed by atoms with Crippen LogP contribution in [0.1, 0.15) is 0 Å². The lowest BCUT2D eigenvalue weighted by molar-refractivity contribution is 0.379. The van der Waals surface area contributed by atoms with Gasteiger partial charge in [-0.3, -0.25) is 0 Å². The minimum atomic E-state index is -0.640. The topological polar surface area (TPSA) is 47.9 Å². The number of benzene rings is 2. The van der Waals surface area contributed by atoms with Crippen LogP contribution in [0, 0.1) is 11.6 Å². The predicted molar refractivity (Wildman–Crippen MR) is 84.5 cm³/mol. The molecule has 123 valence electrons. The van der Waals surface area contributed by atoms with Gasteiger partial charge in [0.25, 0.3) is 0 Å². The Bertz CT molecular complexity index is 659. The second-order valence-electron chi connectivity index (χ2n) is 3.92. The molecule has 0 bridgehead atoms. The monoisotopic (exact) mass is 363 g/mol. The number of hydrogen-bond donors (Lipinski definition) is 1. The Morgan fingerprint density at radius 3 is 2.09 bits per heavy atom. The largest absolute Gasteiger partial charge is 0.569 e. The predicted octanol–water partition coefficient (Wildman–Crippen LogP) is 3.88. The summed E-state index contributed by atoms with van der Waals surface area (Å²) in [7, 11) is 3.32. The van der Waals surface area contributed by atoms with Crippen LogP contribution in [0.5, 0.6) is 17.2 Å². The van der Waals surface area contributed by atoms with Gasteiger partial charge in [-0.1, -0.05) is 23.2 Å². The summed E-state index contributed by atoms with van der Waals surface area (Å²) >= 11 is 10.9. The van der Waals surface area contributed by atoms with E-state index < -0.39 is 11.6 Å². The lowest BCUT2D eigenvalue weighted by Crippen LogP contribution is -2.02. The van der Waals surface area contributed by atoms with Crippen molar-refractivity contribution in [1.82, 2.24) is 0 Å². The minimum absolute atomic E-state index is 0.0619. The minimum Gasteiger partial charge on any atom is -0.535 e. The zero-order chi connectivity index (χ0) is 17.4. The van der Waals surface area contributed by atoms with E-state index in [-0.39, 0.29) is 21.5 Å². The van der Waals surface area contributed by atoms with Crippen LogP contribution in [0.15, 0.2) is 30.3 Å². The van der Waals surface area contributed by atoms with Gasteiger partial charge in [-0.25, -0.2) is 8.78 Å². The summed E-state index contributed by atoms with van der Waals surface area (Å²) in [6.45, 7) is 0. The van der Waals surface area contributed by atoms with Crippen molar-refractivity contribution in [2.75, 3.05) is 14.2 Å². The van der Waals surface area contributed by atoms with Crippen LogP contribution in [-0.2, 0) is 0 Å². The van der Waals surface area contributed by atoms with Gasteiger partial charge in [-0.05, 0) is 12.1 Å². The van der Waals surface area contributed by atoms with Gasteiger partial charge in [0.1, 0.15) is 23.1 Å². The fourth-order valence-corrected chi connectivity index (χ4v) is 1.75. The first-order valence-corrected chi connectivity index (χ1v) is 6.83. The summed E-state index contributed by atoms with van der Waals surface area (Å²) in [5.41, 5.74) is 0. The third-order valence-electron chi connectivity index (χ3n) is 2.51. The fourth-order valence-electron chi connectivity index (χ4n) is 1.42. The molecule has 4 nitrogen and oxygen atoms in total. The molecule has 2 rings (SSSR count). The van der Waals surface area contributed by atoms with Crippen LogP contribution in [0.3, 0.4) is 0 Å². The lowest BCUT2D eigenvalue weighted by Gasteiger charge is -2.08. The molecule has 0 amide bonds. The highest BCUT2D eigenvalue weighted by Gasteiger charge is 2.10. The van der Waals surface area contributed by atoms with Crippen molar-refractivity contribution in [3.63, 3.8) is 0 Å². The van der Waals surface area contributed by atoms with E-state index in [2.05, 4.69) is 4.65 Å². The molecule has 0 aliphatic carbocycles. The highest BCUT2D eigenvalue weighted by molar-refractivity contribution is 6.31. The molecule has 0 unspecified atom stereocenters. The molecular formula is C14H12BCl2F2O4. The molecule has 9 heteroatoms. The van der Waals surface area contributed by atoms with E-state index in [0.29, 0.717) is 13.4 Å². The molecule has 0 saturated heterocycles. The van der Waals surface area contributed by atoms with Gasteiger partial charge in [0.15, 0.2) is 5.75 Å². The van der Waals surface area contributed by atoms with Crippen molar-refractivity contribution in [3.8, 4) is 17.2 Å². The van der Waals surface area contributed by atoms with Crippen molar-refractivity contribution < 1.29 is 27.9 Å². The van der Waals surface area contributed by atoms with Crippen molar-refractivity contribution >= 4 is 30.9 Å². The summed E-state index contributed by atoms with van der Waals surface area (Å²) in [6, 6.07) is 6.49. The molecule has 1 radical (unpaired) electrons. The average molecular weight is 364 g/mol. The Morgan fingerprint density at radius 1 is 0.913 bits per heavy atom. The van der Waals surface area contributed by atoms with E-state index in [4.69, 9.17) is 37.7 Å². The zero-order valence-electron chi connectivity index (χ0n) is 12.1. The SMILES string of the molecule is COc1cc(Cl)c(F)cc1O[B]O.COc1ccc(F)c(Cl)c1. The van der Waals surface area contributed by atoms with Crippen molar-refractivity contribution in [2.45, 2.75) is 0 Å². The molecule has 23 heavy (non-hydrogen) atoms. The van der Waals surface area contributed by atoms with E-state index in [9.17, 15) is 8.78 Å². The van der Waals surface area contributed by atoms with E-state index in [0.717, 1.165) is 6.07 Å². The van der Waals surface area contributed by atoms with Crippen LogP contribution in [-0.4, -0.2) is 26.9 Å². The fraction of sp³-hybridized carbons (Fsp3) is 0.143. The normalized spacial score (nSPS) is 9.52. The molecule has 0 spiro atoms. The van der Waals surface area contributed by atoms with Crippen LogP contribution >= 0.6 is 23.2 Å². The summed E-state index contributed by atoms with van der Waals surface area (Å²) in [5.74, 6) is -0.197. The van der Waals surface area contributed by atoms with Crippen LogP contribution in [0.2, 0.25) is 10.0 Å². The van der Waals surface area contributed by atoms with Gasteiger partial charge in [-0.2, -0.15) is 0 Å². The number of ether oxygens (including phenoxy) is 2. The first-order chi connectivity index (χ1) is 10.9. The van der Waals surface area contributed by atoms with Gasteiger partial charge in [0.05, 0.1) is 24.3 Å². The number of methoxy groups -OCH3 is 2. The lowest BCUT2D eigenvalue weighted by atomic mass is 10.3. The molecule has 0 aliphatic heterocycles. The van der Waals surface area contributed by atoms with Crippen molar-refractivity contribution in [1.29, 1.82) is 0 Å². The summed E-state index contributed by atoms with van der Waals surface area (Å²) in [6.07, 6.45) is 0. The maximum atomic E-state index is 12.9. The average Bonchev–Trinajstić information content (AvgIpc) is 2.54. The number of rotatable bonds is 4. The summed E-state index contributed by atoms with van der Waals surface area (Å²) in [4.78, 5) is 0. The molecular weight excluding hydrogens is 352 g/mol. The highest BCUT2D eigenvalue weighted by Crippen LogP contribution is 2.31. The van der Waals surface area contributed by atoms with E-state index in [1.54, 1.807) is 0 Å². The van der Waals surface area contributed by atoms with E-state index in [1.807, 2.05) is 0 Å². The Kier molecular flexibility index (Phi) is 7.95. The molecule has 2 aromatic carbocycles. The first-order valence-electron chi connectivity index (χ1n) is 6.07. The van der Waals surface area contributed by atoms with Crippen LogP contribution in [0.25, 0.3) is 0 Å². The molecule has 1 N–H and O–H groups in total. The maximum absolute atomic E-state index is 12.9. The molecule has 0 saturated carbocycles. The molecule has 0 atom stereocenters. The number of halogens is 4. The zero-order valence-corrected chi connectivity index (χ0v) is 13.7. The van der Waals surface area contributed by atoms with Crippen molar-refractivity contribution in [3.05, 3.63) is 52.0 Å². The van der Waals surface area contributed by atoms with Gasteiger partial charge < -0.3 is 19.2 Å². The molecule has 0 aromatic heterocycles. The van der Waals surface area contributed by atoms with Crippen LogP contribution < -0.4 is 14.1 Å². The van der Waals surface area contributed by atoms with Crippen LogP contribution in [0.4, 0.5) is 8.78 Å². The third-order valence-corrected chi connectivity index (χ3v) is 3.09. The van der Waals surface area contributed by atoms with E-state index in [1.165, 1.54) is 38.5 Å². The molecule has 2 aromatic rings. The molecule has 0 heterocycles. The van der Waals surface area contributed by atoms with Gasteiger partial charge in [0.2, 0.25) is 0 Å². The van der Waals surface area contributed by atoms with Gasteiger partial charge in [-0.15, -0.1) is 0 Å².